The standard InChI is InChI=1S/C13H19BrN4O2/c1-9-7-18(13(19)12-10(14)6-15-16-12)8-11(9)17-2-4-20-5-3-17/h6,9,11H,2-5,7-8H2,1H3,(H,15,16). The lowest BCUT2D eigenvalue weighted by Crippen LogP contribution is -2.47. The van der Waals surface area contributed by atoms with Crippen molar-refractivity contribution in [2.75, 3.05) is 39.4 Å². The quantitative estimate of drug-likeness (QED) is 0.869. The monoisotopic (exact) mass is 342 g/mol. The number of nitrogens with one attached hydrogen (secondary N) is 1. The van der Waals surface area contributed by atoms with Crippen molar-refractivity contribution in [2.45, 2.75) is 13.0 Å². The Balaban J connectivity index is 1.68. The van der Waals surface area contributed by atoms with Gasteiger partial charge in [-0.1, -0.05) is 6.92 Å². The zero-order valence-corrected chi connectivity index (χ0v) is 13.1. The number of amides is 1. The lowest BCUT2D eigenvalue weighted by molar-refractivity contribution is 0.0119. The van der Waals surface area contributed by atoms with E-state index in [0.29, 0.717) is 17.7 Å². The van der Waals surface area contributed by atoms with Crippen LogP contribution in [0, 0.1) is 5.92 Å². The van der Waals surface area contributed by atoms with Crippen LogP contribution in [0.4, 0.5) is 0 Å². The summed E-state index contributed by atoms with van der Waals surface area (Å²) in [5.41, 5.74) is 0.542. The van der Waals surface area contributed by atoms with Gasteiger partial charge in [-0.15, -0.1) is 0 Å². The highest BCUT2D eigenvalue weighted by molar-refractivity contribution is 9.10. The maximum Gasteiger partial charge on any atom is 0.273 e. The van der Waals surface area contributed by atoms with E-state index in [9.17, 15) is 4.79 Å². The van der Waals surface area contributed by atoms with Gasteiger partial charge in [0.2, 0.25) is 0 Å². The third kappa shape index (κ3) is 2.62. The highest BCUT2D eigenvalue weighted by Gasteiger charge is 2.37. The van der Waals surface area contributed by atoms with Gasteiger partial charge in [0.05, 0.1) is 23.9 Å². The number of nitrogens with zero attached hydrogens (tertiary/aromatic N) is 3. The second kappa shape index (κ2) is 5.83. The maximum atomic E-state index is 12.5. The molecule has 3 rings (SSSR count). The van der Waals surface area contributed by atoms with E-state index < -0.39 is 0 Å². The fraction of sp³-hybridized carbons (Fsp3) is 0.692. The van der Waals surface area contributed by atoms with Crippen molar-refractivity contribution in [2.24, 2.45) is 5.92 Å². The van der Waals surface area contributed by atoms with Crippen LogP contribution in [0.15, 0.2) is 10.7 Å². The van der Waals surface area contributed by atoms with Crippen molar-refractivity contribution in [1.82, 2.24) is 20.0 Å². The molecule has 7 heteroatoms. The van der Waals surface area contributed by atoms with Crippen molar-refractivity contribution in [1.29, 1.82) is 0 Å². The van der Waals surface area contributed by atoms with E-state index in [4.69, 9.17) is 4.74 Å². The van der Waals surface area contributed by atoms with Gasteiger partial charge >= 0.3 is 0 Å². The van der Waals surface area contributed by atoms with E-state index in [1.54, 1.807) is 6.20 Å². The van der Waals surface area contributed by atoms with Gasteiger partial charge < -0.3 is 9.64 Å². The Bertz CT molecular complexity index is 486. The fourth-order valence-corrected chi connectivity index (χ4v) is 3.44. The minimum atomic E-state index is 0.0250. The number of rotatable bonds is 2. The number of likely N-dealkylation sites (tertiary alicyclic amines) is 1. The summed E-state index contributed by atoms with van der Waals surface area (Å²) in [6, 6.07) is 0.435. The van der Waals surface area contributed by atoms with Crippen molar-refractivity contribution < 1.29 is 9.53 Å². The molecule has 0 aromatic carbocycles. The summed E-state index contributed by atoms with van der Waals surface area (Å²) in [6.45, 7) is 7.31. The van der Waals surface area contributed by atoms with Crippen LogP contribution in [0.5, 0.6) is 0 Å². The topological polar surface area (TPSA) is 61.5 Å². The number of aromatic amines is 1. The molecule has 3 heterocycles. The summed E-state index contributed by atoms with van der Waals surface area (Å²) in [4.78, 5) is 16.9. The first kappa shape index (κ1) is 14.0. The molecule has 0 spiro atoms. The largest absolute Gasteiger partial charge is 0.379 e. The summed E-state index contributed by atoms with van der Waals surface area (Å²) < 4.78 is 6.13. The molecule has 0 bridgehead atoms. The summed E-state index contributed by atoms with van der Waals surface area (Å²) in [7, 11) is 0. The van der Waals surface area contributed by atoms with Crippen molar-refractivity contribution >= 4 is 21.8 Å². The van der Waals surface area contributed by atoms with Gasteiger partial charge in [0.15, 0.2) is 0 Å². The molecule has 2 aliphatic heterocycles. The molecule has 1 N–H and O–H groups in total. The molecular formula is C13H19BrN4O2. The number of hydrogen-bond acceptors (Lipinski definition) is 4. The van der Waals surface area contributed by atoms with Gasteiger partial charge in [-0.2, -0.15) is 5.10 Å². The van der Waals surface area contributed by atoms with Crippen LogP contribution < -0.4 is 0 Å². The van der Waals surface area contributed by atoms with E-state index in [0.717, 1.165) is 43.9 Å². The Morgan fingerprint density at radius 2 is 2.20 bits per heavy atom. The van der Waals surface area contributed by atoms with Crippen molar-refractivity contribution in [3.63, 3.8) is 0 Å². The molecule has 20 heavy (non-hydrogen) atoms. The zero-order chi connectivity index (χ0) is 14.1. The maximum absolute atomic E-state index is 12.5. The van der Waals surface area contributed by atoms with Gasteiger partial charge in [-0.05, 0) is 21.8 Å². The van der Waals surface area contributed by atoms with E-state index in [1.807, 2.05) is 4.90 Å². The molecule has 110 valence electrons. The highest BCUT2D eigenvalue weighted by atomic mass is 79.9. The third-order valence-corrected chi connectivity index (χ3v) is 4.78. The summed E-state index contributed by atoms with van der Waals surface area (Å²) >= 11 is 3.35. The predicted molar refractivity (Wildman–Crippen MR) is 77.5 cm³/mol. The predicted octanol–water partition coefficient (Wildman–Crippen LogP) is 0.965. The first-order valence-electron chi connectivity index (χ1n) is 6.96. The molecule has 1 aromatic rings. The van der Waals surface area contributed by atoms with E-state index in [1.165, 1.54) is 0 Å². The SMILES string of the molecule is CC1CN(C(=O)c2[nH]ncc2Br)CC1N1CCOCC1. The van der Waals surface area contributed by atoms with E-state index >= 15 is 0 Å². The molecule has 1 amide bonds. The molecular weight excluding hydrogens is 324 g/mol. The summed E-state index contributed by atoms with van der Waals surface area (Å²) in [5.74, 6) is 0.510. The smallest absolute Gasteiger partial charge is 0.273 e. The minimum Gasteiger partial charge on any atom is -0.379 e. The number of hydrogen-bond donors (Lipinski definition) is 1. The molecule has 6 nitrogen and oxygen atoms in total. The van der Waals surface area contributed by atoms with Crippen molar-refractivity contribution in [3.8, 4) is 0 Å². The Morgan fingerprint density at radius 1 is 1.45 bits per heavy atom. The second-order valence-corrected chi connectivity index (χ2v) is 6.35. The van der Waals surface area contributed by atoms with Crippen LogP contribution in [0.25, 0.3) is 0 Å². The molecule has 0 radical (unpaired) electrons. The fourth-order valence-electron chi connectivity index (χ4n) is 3.08. The molecule has 2 atom stereocenters. The lowest BCUT2D eigenvalue weighted by Gasteiger charge is -2.33. The molecule has 2 fully saturated rings. The Hall–Kier alpha value is -0.920. The molecule has 2 saturated heterocycles. The molecule has 0 saturated carbocycles. The number of halogens is 1. The Morgan fingerprint density at radius 3 is 2.85 bits per heavy atom. The zero-order valence-electron chi connectivity index (χ0n) is 11.5. The molecule has 1 aromatic heterocycles. The Labute approximate surface area is 126 Å². The van der Waals surface area contributed by atoms with Gasteiger partial charge in [-0.25, -0.2) is 0 Å². The number of morpholine rings is 1. The van der Waals surface area contributed by atoms with Crippen LogP contribution in [0.2, 0.25) is 0 Å². The first-order chi connectivity index (χ1) is 9.66. The number of H-pyrrole nitrogens is 1. The molecule has 2 unspecified atom stereocenters. The van der Waals surface area contributed by atoms with Gasteiger partial charge in [0.1, 0.15) is 5.69 Å². The molecule has 2 aliphatic rings. The first-order valence-corrected chi connectivity index (χ1v) is 7.76. The van der Waals surface area contributed by atoms with Gasteiger partial charge in [-0.3, -0.25) is 14.8 Å². The van der Waals surface area contributed by atoms with Gasteiger partial charge in [0.25, 0.3) is 5.91 Å². The van der Waals surface area contributed by atoms with Crippen molar-refractivity contribution in [3.05, 3.63) is 16.4 Å². The second-order valence-electron chi connectivity index (χ2n) is 5.50. The number of aromatic nitrogens is 2. The average molecular weight is 343 g/mol. The van der Waals surface area contributed by atoms with Crippen LogP contribution in [-0.4, -0.2) is 71.3 Å². The normalized spacial score (nSPS) is 28.0. The van der Waals surface area contributed by atoms with E-state index in [2.05, 4.69) is 38.0 Å². The highest BCUT2D eigenvalue weighted by Crippen LogP contribution is 2.25. The minimum absolute atomic E-state index is 0.0250. The molecule has 0 aliphatic carbocycles. The number of carbonyl (C=O) groups excluding carboxylic acids is 1. The van der Waals surface area contributed by atoms with Crippen LogP contribution in [0.3, 0.4) is 0 Å². The Kier molecular flexibility index (Phi) is 4.09. The number of carbonyl (C=O) groups is 1. The third-order valence-electron chi connectivity index (χ3n) is 4.18. The lowest BCUT2D eigenvalue weighted by atomic mass is 10.0. The summed E-state index contributed by atoms with van der Waals surface area (Å²) in [6.07, 6.45) is 1.62. The summed E-state index contributed by atoms with van der Waals surface area (Å²) in [5, 5.41) is 6.67. The van der Waals surface area contributed by atoms with Crippen LogP contribution in [-0.2, 0) is 4.74 Å². The van der Waals surface area contributed by atoms with Gasteiger partial charge in [0, 0.05) is 32.2 Å². The number of ether oxygens (including phenoxy) is 1. The van der Waals surface area contributed by atoms with E-state index in [-0.39, 0.29) is 5.91 Å². The van der Waals surface area contributed by atoms with Crippen LogP contribution in [0.1, 0.15) is 17.4 Å². The van der Waals surface area contributed by atoms with Crippen LogP contribution >= 0.6 is 15.9 Å². The average Bonchev–Trinajstić information content (AvgIpc) is 3.05.